The molecule has 0 saturated heterocycles. The molecule has 2 rings (SSSR count). The predicted molar refractivity (Wildman–Crippen MR) is 58.6 cm³/mol. The van der Waals surface area contributed by atoms with E-state index in [-0.39, 0.29) is 5.56 Å². The SMILES string of the molecule is O=C(O)c1cc(F)c2cccc(Br)c2c1. The smallest absolute Gasteiger partial charge is 0.335 e. The van der Waals surface area contributed by atoms with Crippen LogP contribution in [0.5, 0.6) is 0 Å². The Morgan fingerprint density at radius 2 is 2.00 bits per heavy atom. The van der Waals surface area contributed by atoms with Crippen molar-refractivity contribution in [2.45, 2.75) is 0 Å². The van der Waals surface area contributed by atoms with Gasteiger partial charge in [-0.15, -0.1) is 0 Å². The molecule has 4 heteroatoms. The summed E-state index contributed by atoms with van der Waals surface area (Å²) in [5.41, 5.74) is -0.0492. The van der Waals surface area contributed by atoms with Crippen molar-refractivity contribution >= 4 is 32.7 Å². The van der Waals surface area contributed by atoms with Gasteiger partial charge in [0.05, 0.1) is 5.56 Å². The Morgan fingerprint density at radius 1 is 1.27 bits per heavy atom. The third-order valence-electron chi connectivity index (χ3n) is 2.14. The highest BCUT2D eigenvalue weighted by atomic mass is 79.9. The lowest BCUT2D eigenvalue weighted by Gasteiger charge is -2.03. The fraction of sp³-hybridized carbons (Fsp3) is 0. The summed E-state index contributed by atoms with van der Waals surface area (Å²) in [6, 6.07) is 7.53. The van der Waals surface area contributed by atoms with Crippen molar-refractivity contribution in [3.63, 3.8) is 0 Å². The van der Waals surface area contributed by atoms with Gasteiger partial charge in [0, 0.05) is 9.86 Å². The molecule has 0 atom stereocenters. The van der Waals surface area contributed by atoms with Gasteiger partial charge in [-0.3, -0.25) is 0 Å². The molecule has 0 unspecified atom stereocenters. The first-order valence-corrected chi connectivity index (χ1v) is 5.00. The second-order valence-corrected chi connectivity index (χ2v) is 3.95. The summed E-state index contributed by atoms with van der Waals surface area (Å²) < 4.78 is 14.2. The number of carboxylic acids is 1. The minimum Gasteiger partial charge on any atom is -0.478 e. The molecule has 76 valence electrons. The van der Waals surface area contributed by atoms with Crippen LogP contribution in [-0.4, -0.2) is 11.1 Å². The van der Waals surface area contributed by atoms with Crippen LogP contribution in [0.3, 0.4) is 0 Å². The molecule has 0 bridgehead atoms. The van der Waals surface area contributed by atoms with Gasteiger partial charge >= 0.3 is 5.97 Å². The highest BCUT2D eigenvalue weighted by Gasteiger charge is 2.10. The first-order valence-electron chi connectivity index (χ1n) is 4.20. The zero-order valence-electron chi connectivity index (χ0n) is 7.50. The summed E-state index contributed by atoms with van der Waals surface area (Å²) in [5.74, 6) is -1.65. The van der Waals surface area contributed by atoms with E-state index in [1.54, 1.807) is 18.2 Å². The predicted octanol–water partition coefficient (Wildman–Crippen LogP) is 3.44. The highest BCUT2D eigenvalue weighted by Crippen LogP contribution is 2.27. The van der Waals surface area contributed by atoms with Gasteiger partial charge in [-0.05, 0) is 23.6 Å². The molecule has 2 aromatic carbocycles. The zero-order chi connectivity index (χ0) is 11.0. The molecule has 0 spiro atoms. The molecular formula is C11H6BrFO2. The summed E-state index contributed by atoms with van der Waals surface area (Å²) in [6.07, 6.45) is 0. The quantitative estimate of drug-likeness (QED) is 0.861. The van der Waals surface area contributed by atoms with Crippen molar-refractivity contribution in [2.75, 3.05) is 0 Å². The Bertz CT molecular complexity index is 552. The molecule has 0 aliphatic rings. The molecule has 1 N–H and O–H groups in total. The Labute approximate surface area is 93.5 Å². The molecule has 0 heterocycles. The second-order valence-electron chi connectivity index (χ2n) is 3.10. The van der Waals surface area contributed by atoms with Crippen molar-refractivity contribution in [2.24, 2.45) is 0 Å². The van der Waals surface area contributed by atoms with Gasteiger partial charge in [-0.1, -0.05) is 28.1 Å². The lowest BCUT2D eigenvalue weighted by molar-refractivity contribution is 0.0696. The second kappa shape index (κ2) is 3.62. The van der Waals surface area contributed by atoms with Crippen LogP contribution < -0.4 is 0 Å². The maximum atomic E-state index is 13.5. The molecule has 0 radical (unpaired) electrons. The number of hydrogen-bond acceptors (Lipinski definition) is 1. The molecule has 0 aliphatic heterocycles. The van der Waals surface area contributed by atoms with E-state index in [2.05, 4.69) is 15.9 Å². The van der Waals surface area contributed by atoms with E-state index in [4.69, 9.17) is 5.11 Å². The number of carbonyl (C=O) groups is 1. The summed E-state index contributed by atoms with van der Waals surface area (Å²) in [7, 11) is 0. The number of rotatable bonds is 1. The maximum Gasteiger partial charge on any atom is 0.335 e. The number of fused-ring (bicyclic) bond motifs is 1. The van der Waals surface area contributed by atoms with E-state index in [0.29, 0.717) is 15.2 Å². The minimum absolute atomic E-state index is 0.0492. The third kappa shape index (κ3) is 1.72. The maximum absolute atomic E-state index is 13.5. The van der Waals surface area contributed by atoms with Gasteiger partial charge < -0.3 is 5.11 Å². The summed E-state index contributed by atoms with van der Waals surface area (Å²) in [4.78, 5) is 10.7. The van der Waals surface area contributed by atoms with Crippen LogP contribution in [0.15, 0.2) is 34.8 Å². The summed E-state index contributed by atoms with van der Waals surface area (Å²) >= 11 is 3.25. The van der Waals surface area contributed by atoms with E-state index in [1.165, 1.54) is 6.07 Å². The van der Waals surface area contributed by atoms with Gasteiger partial charge in [0.1, 0.15) is 5.82 Å². The van der Waals surface area contributed by atoms with E-state index < -0.39 is 11.8 Å². The van der Waals surface area contributed by atoms with Crippen LogP contribution in [0.25, 0.3) is 10.8 Å². The zero-order valence-corrected chi connectivity index (χ0v) is 9.08. The summed E-state index contributed by atoms with van der Waals surface area (Å²) in [5, 5.41) is 9.75. The number of aromatic carboxylic acids is 1. The summed E-state index contributed by atoms with van der Waals surface area (Å²) in [6.45, 7) is 0. The average Bonchev–Trinajstić information content (AvgIpc) is 2.19. The first-order chi connectivity index (χ1) is 7.09. The minimum atomic E-state index is -1.13. The average molecular weight is 269 g/mol. The van der Waals surface area contributed by atoms with Gasteiger partial charge in [-0.25, -0.2) is 9.18 Å². The van der Waals surface area contributed by atoms with Crippen molar-refractivity contribution < 1.29 is 14.3 Å². The number of carboxylic acid groups (broad SMARTS) is 1. The highest BCUT2D eigenvalue weighted by molar-refractivity contribution is 9.10. The Hall–Kier alpha value is -1.42. The Balaban J connectivity index is 2.85. The molecule has 15 heavy (non-hydrogen) atoms. The van der Waals surface area contributed by atoms with Crippen LogP contribution in [0, 0.1) is 5.82 Å². The van der Waals surface area contributed by atoms with E-state index in [9.17, 15) is 9.18 Å². The first kappa shape index (κ1) is 10.1. The normalized spacial score (nSPS) is 10.5. The molecule has 2 nitrogen and oxygen atoms in total. The monoisotopic (exact) mass is 268 g/mol. The van der Waals surface area contributed by atoms with E-state index >= 15 is 0 Å². The fourth-order valence-electron chi connectivity index (χ4n) is 1.43. The van der Waals surface area contributed by atoms with Crippen molar-refractivity contribution in [1.29, 1.82) is 0 Å². The van der Waals surface area contributed by atoms with Crippen molar-refractivity contribution in [1.82, 2.24) is 0 Å². The molecular weight excluding hydrogens is 263 g/mol. The van der Waals surface area contributed by atoms with Crippen molar-refractivity contribution in [3.8, 4) is 0 Å². The number of hydrogen-bond donors (Lipinski definition) is 1. The lowest BCUT2D eigenvalue weighted by atomic mass is 10.1. The lowest BCUT2D eigenvalue weighted by Crippen LogP contribution is -1.97. The van der Waals surface area contributed by atoms with Gasteiger partial charge in [0.15, 0.2) is 0 Å². The number of benzene rings is 2. The molecule has 2 aromatic rings. The largest absolute Gasteiger partial charge is 0.478 e. The molecule has 0 aromatic heterocycles. The molecule has 0 aliphatic carbocycles. The molecule has 0 saturated carbocycles. The van der Waals surface area contributed by atoms with Crippen LogP contribution in [0.1, 0.15) is 10.4 Å². The fourth-order valence-corrected chi connectivity index (χ4v) is 1.91. The Kier molecular flexibility index (Phi) is 2.44. The number of halogens is 2. The van der Waals surface area contributed by atoms with E-state index in [0.717, 1.165) is 6.07 Å². The topological polar surface area (TPSA) is 37.3 Å². The van der Waals surface area contributed by atoms with Gasteiger partial charge in [0.2, 0.25) is 0 Å². The van der Waals surface area contributed by atoms with Gasteiger partial charge in [-0.2, -0.15) is 0 Å². The van der Waals surface area contributed by atoms with Crippen LogP contribution in [-0.2, 0) is 0 Å². The van der Waals surface area contributed by atoms with Crippen molar-refractivity contribution in [3.05, 3.63) is 46.2 Å². The van der Waals surface area contributed by atoms with E-state index in [1.807, 2.05) is 0 Å². The molecule has 0 amide bonds. The van der Waals surface area contributed by atoms with Gasteiger partial charge in [0.25, 0.3) is 0 Å². The van der Waals surface area contributed by atoms with Crippen LogP contribution in [0.2, 0.25) is 0 Å². The molecule has 0 fully saturated rings. The van der Waals surface area contributed by atoms with Crippen LogP contribution in [0.4, 0.5) is 4.39 Å². The Morgan fingerprint density at radius 3 is 2.67 bits per heavy atom. The van der Waals surface area contributed by atoms with Crippen LogP contribution >= 0.6 is 15.9 Å². The standard InChI is InChI=1S/C11H6BrFO2/c12-9-3-1-2-7-8(9)4-6(11(14)15)5-10(7)13/h1-5H,(H,14,15). The third-order valence-corrected chi connectivity index (χ3v) is 2.83.